The highest BCUT2D eigenvalue weighted by Gasteiger charge is 2.37. The average Bonchev–Trinajstić information content (AvgIpc) is 2.65. The summed E-state index contributed by atoms with van der Waals surface area (Å²) in [6.45, 7) is 5.02. The van der Waals surface area contributed by atoms with Crippen LogP contribution in [0.2, 0.25) is 0 Å². The van der Waals surface area contributed by atoms with E-state index in [1.807, 2.05) is 9.80 Å². The second-order valence-electron chi connectivity index (χ2n) is 7.73. The molecule has 4 rings (SSSR count). The predicted molar refractivity (Wildman–Crippen MR) is 103 cm³/mol. The fraction of sp³-hybridized carbons (Fsp3) is 0.556. The van der Waals surface area contributed by atoms with E-state index in [4.69, 9.17) is 11.5 Å². The van der Waals surface area contributed by atoms with E-state index in [2.05, 4.69) is 26.9 Å². The summed E-state index contributed by atoms with van der Waals surface area (Å²) >= 11 is 0. The van der Waals surface area contributed by atoms with Crippen molar-refractivity contribution in [1.82, 2.24) is 19.9 Å². The largest absolute Gasteiger partial charge is 0.434 e. The van der Waals surface area contributed by atoms with Crippen LogP contribution in [-0.2, 0) is 6.18 Å². The highest BCUT2D eigenvalue weighted by molar-refractivity contribution is 5.68. The lowest BCUT2D eigenvalue weighted by molar-refractivity contribution is -0.140. The zero-order chi connectivity index (χ0) is 20.8. The Bertz CT molecular complexity index is 889. The summed E-state index contributed by atoms with van der Waals surface area (Å²) in [5, 5.41) is 0. The van der Waals surface area contributed by atoms with Gasteiger partial charge >= 0.3 is 6.18 Å². The molecule has 0 spiro atoms. The van der Waals surface area contributed by atoms with Crippen molar-refractivity contribution < 1.29 is 13.2 Å². The molecule has 4 heterocycles. The molecule has 2 aromatic heterocycles. The van der Waals surface area contributed by atoms with Gasteiger partial charge in [0, 0.05) is 50.0 Å². The number of piperidine rings is 1. The fourth-order valence-electron chi connectivity index (χ4n) is 3.65. The molecule has 0 amide bonds. The van der Waals surface area contributed by atoms with E-state index in [1.54, 1.807) is 6.07 Å². The first-order valence-electron chi connectivity index (χ1n) is 9.55. The highest BCUT2D eigenvalue weighted by Crippen LogP contribution is 2.37. The van der Waals surface area contributed by atoms with E-state index in [9.17, 15) is 13.2 Å². The lowest BCUT2D eigenvalue weighted by Crippen LogP contribution is -2.46. The van der Waals surface area contributed by atoms with E-state index in [-0.39, 0.29) is 17.3 Å². The van der Waals surface area contributed by atoms with Crippen molar-refractivity contribution in [1.29, 1.82) is 0 Å². The molecule has 2 saturated heterocycles. The van der Waals surface area contributed by atoms with Gasteiger partial charge in [0.05, 0.1) is 5.69 Å². The van der Waals surface area contributed by atoms with Crippen LogP contribution < -0.4 is 21.3 Å². The second kappa shape index (κ2) is 7.29. The van der Waals surface area contributed by atoms with Crippen LogP contribution in [0, 0.1) is 5.92 Å². The van der Waals surface area contributed by atoms with Gasteiger partial charge in [-0.3, -0.25) is 0 Å². The molecule has 2 aliphatic heterocycles. The van der Waals surface area contributed by atoms with Gasteiger partial charge in [-0.05, 0) is 18.8 Å². The second-order valence-corrected chi connectivity index (χ2v) is 7.73. The number of hydrogen-bond donors (Lipinski definition) is 2. The van der Waals surface area contributed by atoms with Crippen molar-refractivity contribution in [2.75, 3.05) is 41.7 Å². The molecule has 2 aliphatic rings. The maximum Gasteiger partial charge on any atom is 0.434 e. The zero-order valence-electron chi connectivity index (χ0n) is 16.0. The number of aromatic nitrogens is 4. The van der Waals surface area contributed by atoms with Crippen LogP contribution in [0.1, 0.15) is 25.5 Å². The minimum Gasteiger partial charge on any atom is -0.368 e. The number of halogens is 3. The third-order valence-electron chi connectivity index (χ3n) is 5.26. The first kappa shape index (κ1) is 19.6. The van der Waals surface area contributed by atoms with Crippen molar-refractivity contribution in [3.8, 4) is 11.3 Å². The average molecular weight is 408 g/mol. The molecule has 0 atom stereocenters. The molecule has 0 unspecified atom stereocenters. The molecule has 4 N–H and O–H groups in total. The molecular weight excluding hydrogens is 385 g/mol. The van der Waals surface area contributed by atoms with E-state index in [1.165, 1.54) is 0 Å². The molecule has 2 fully saturated rings. The third-order valence-corrected chi connectivity index (χ3v) is 5.26. The molecule has 0 bridgehead atoms. The zero-order valence-corrected chi connectivity index (χ0v) is 16.0. The van der Waals surface area contributed by atoms with Crippen molar-refractivity contribution in [3.63, 3.8) is 0 Å². The molecule has 0 saturated carbocycles. The van der Waals surface area contributed by atoms with Crippen LogP contribution in [-0.4, -0.2) is 52.2 Å². The summed E-state index contributed by atoms with van der Waals surface area (Å²) in [7, 11) is 0. The summed E-state index contributed by atoms with van der Waals surface area (Å²) in [6.07, 6.45) is -2.04. The fourth-order valence-corrected chi connectivity index (χ4v) is 3.65. The third kappa shape index (κ3) is 4.04. The van der Waals surface area contributed by atoms with E-state index in [0.29, 0.717) is 30.8 Å². The van der Waals surface area contributed by atoms with Crippen LogP contribution in [0.15, 0.2) is 12.3 Å². The van der Waals surface area contributed by atoms with Gasteiger partial charge in [-0.15, -0.1) is 0 Å². The Balaban J connectivity index is 1.79. The van der Waals surface area contributed by atoms with Crippen molar-refractivity contribution in [2.24, 2.45) is 11.7 Å². The molecular formula is C18H23F3N8. The Kier molecular flexibility index (Phi) is 4.93. The topological polar surface area (TPSA) is 110 Å². The number of hydrogen-bond acceptors (Lipinski definition) is 8. The molecule has 2 aromatic rings. The minimum absolute atomic E-state index is 0.118. The Morgan fingerprint density at radius 1 is 1.07 bits per heavy atom. The van der Waals surface area contributed by atoms with Crippen LogP contribution in [0.4, 0.5) is 30.9 Å². The molecule has 0 aromatic carbocycles. The molecule has 0 aliphatic carbocycles. The smallest absolute Gasteiger partial charge is 0.368 e. The number of rotatable bonds is 3. The summed E-state index contributed by atoms with van der Waals surface area (Å²) in [5.41, 5.74) is 10.2. The van der Waals surface area contributed by atoms with Gasteiger partial charge in [0.15, 0.2) is 5.69 Å². The first-order valence-corrected chi connectivity index (χ1v) is 9.55. The number of anilines is 3. The SMILES string of the molecule is CC1CN(c2cc(-c3cnc(N)nc3C(F)(F)F)nc(N3CCC(N)CC3)n2)C1. The van der Waals surface area contributed by atoms with Gasteiger partial charge in [-0.2, -0.15) is 18.2 Å². The number of nitrogens with two attached hydrogens (primary N) is 2. The van der Waals surface area contributed by atoms with Crippen LogP contribution >= 0.6 is 0 Å². The summed E-state index contributed by atoms with van der Waals surface area (Å²) in [5.74, 6) is 1.07. The Morgan fingerprint density at radius 2 is 1.76 bits per heavy atom. The molecule has 11 heteroatoms. The molecule has 29 heavy (non-hydrogen) atoms. The van der Waals surface area contributed by atoms with E-state index in [0.717, 1.165) is 32.1 Å². The van der Waals surface area contributed by atoms with Crippen LogP contribution in [0.5, 0.6) is 0 Å². The van der Waals surface area contributed by atoms with Crippen molar-refractivity contribution in [2.45, 2.75) is 32.0 Å². The lowest BCUT2D eigenvalue weighted by Gasteiger charge is -2.39. The van der Waals surface area contributed by atoms with Gasteiger partial charge in [0.2, 0.25) is 11.9 Å². The summed E-state index contributed by atoms with van der Waals surface area (Å²) in [6, 6.07) is 1.68. The van der Waals surface area contributed by atoms with E-state index < -0.39 is 17.8 Å². The Labute approximate surface area is 166 Å². The first-order chi connectivity index (χ1) is 13.7. The minimum atomic E-state index is -4.68. The van der Waals surface area contributed by atoms with Crippen LogP contribution in [0.3, 0.4) is 0 Å². The van der Waals surface area contributed by atoms with Crippen molar-refractivity contribution >= 4 is 17.7 Å². The Hall–Kier alpha value is -2.69. The van der Waals surface area contributed by atoms with Gasteiger partial charge in [-0.1, -0.05) is 6.92 Å². The van der Waals surface area contributed by atoms with Gasteiger partial charge in [-0.25, -0.2) is 15.0 Å². The maximum atomic E-state index is 13.6. The molecule has 8 nitrogen and oxygen atoms in total. The highest BCUT2D eigenvalue weighted by atomic mass is 19.4. The van der Waals surface area contributed by atoms with Gasteiger partial charge in [0.25, 0.3) is 0 Å². The predicted octanol–water partition coefficient (Wildman–Crippen LogP) is 1.92. The summed E-state index contributed by atoms with van der Waals surface area (Å²) < 4.78 is 40.7. The Morgan fingerprint density at radius 3 is 2.38 bits per heavy atom. The standard InChI is InChI=1S/C18H23F3N8/c1-10-8-29(9-10)14-6-13(12-7-24-16(23)27-15(12)18(19,20)21)25-17(26-14)28-4-2-11(22)3-5-28/h6-7,10-11H,2-5,8-9,22H2,1H3,(H2,23,24,27). The van der Waals surface area contributed by atoms with E-state index >= 15 is 0 Å². The monoisotopic (exact) mass is 408 g/mol. The number of alkyl halides is 3. The van der Waals surface area contributed by atoms with Gasteiger partial charge < -0.3 is 21.3 Å². The lowest BCUT2D eigenvalue weighted by atomic mass is 10.0. The maximum absolute atomic E-state index is 13.6. The number of nitrogens with zero attached hydrogens (tertiary/aromatic N) is 6. The molecule has 0 radical (unpaired) electrons. The molecule has 156 valence electrons. The quantitative estimate of drug-likeness (QED) is 0.793. The van der Waals surface area contributed by atoms with Crippen molar-refractivity contribution in [3.05, 3.63) is 18.0 Å². The van der Waals surface area contributed by atoms with Crippen LogP contribution in [0.25, 0.3) is 11.3 Å². The number of nitrogen functional groups attached to an aromatic ring is 1. The summed E-state index contributed by atoms with van der Waals surface area (Å²) in [4.78, 5) is 20.3. The van der Waals surface area contributed by atoms with Gasteiger partial charge in [0.1, 0.15) is 5.82 Å². The normalized spacial score (nSPS) is 18.8.